The van der Waals surface area contributed by atoms with E-state index in [9.17, 15) is 9.59 Å². The van der Waals surface area contributed by atoms with Crippen molar-refractivity contribution in [1.82, 2.24) is 19.9 Å². The lowest BCUT2D eigenvalue weighted by molar-refractivity contribution is -0.139. The summed E-state index contributed by atoms with van der Waals surface area (Å²) in [5.41, 5.74) is 0. The van der Waals surface area contributed by atoms with Crippen LogP contribution in [0.4, 0.5) is 0 Å². The van der Waals surface area contributed by atoms with E-state index in [0.717, 1.165) is 12.8 Å². The molecular weight excluding hydrogens is 296 g/mol. The summed E-state index contributed by atoms with van der Waals surface area (Å²) < 4.78 is 5.17. The fraction of sp³-hybridized carbons (Fsp3) is 0.750. The van der Waals surface area contributed by atoms with Crippen molar-refractivity contribution in [3.8, 4) is 0 Å². The Morgan fingerprint density at radius 1 is 1.35 bits per heavy atom. The van der Waals surface area contributed by atoms with Crippen LogP contribution in [0.15, 0.2) is 4.52 Å². The predicted molar refractivity (Wildman–Crippen MR) is 84.7 cm³/mol. The molecule has 2 amide bonds. The molecule has 0 unspecified atom stereocenters. The van der Waals surface area contributed by atoms with E-state index < -0.39 is 0 Å². The minimum Gasteiger partial charge on any atom is -0.345 e. The highest BCUT2D eigenvalue weighted by atomic mass is 16.5. The number of nitrogens with zero attached hydrogens (tertiary/aromatic N) is 4. The summed E-state index contributed by atoms with van der Waals surface area (Å²) in [7, 11) is 1.81. The molecule has 2 rings (SSSR count). The van der Waals surface area contributed by atoms with Gasteiger partial charge in [-0.25, -0.2) is 0 Å². The van der Waals surface area contributed by atoms with Gasteiger partial charge < -0.3 is 14.3 Å². The van der Waals surface area contributed by atoms with Crippen LogP contribution in [0.3, 0.4) is 0 Å². The Bertz CT molecular complexity index is 547. The second-order valence-corrected chi connectivity index (χ2v) is 6.49. The zero-order valence-electron chi connectivity index (χ0n) is 14.4. The van der Waals surface area contributed by atoms with Crippen LogP contribution in [0.2, 0.25) is 0 Å². The third kappa shape index (κ3) is 4.53. The molecular formula is C16H26N4O3. The number of aromatic nitrogens is 2. The molecule has 0 atom stereocenters. The number of likely N-dealkylation sites (tertiary alicyclic amines) is 1. The highest BCUT2D eigenvalue weighted by molar-refractivity contribution is 5.79. The zero-order valence-corrected chi connectivity index (χ0v) is 14.4. The molecule has 0 radical (unpaired) electrons. The van der Waals surface area contributed by atoms with E-state index in [4.69, 9.17) is 4.52 Å². The van der Waals surface area contributed by atoms with E-state index in [1.165, 1.54) is 0 Å². The lowest BCUT2D eigenvalue weighted by atomic mass is 9.95. The van der Waals surface area contributed by atoms with Gasteiger partial charge in [-0.3, -0.25) is 9.59 Å². The van der Waals surface area contributed by atoms with Crippen molar-refractivity contribution in [3.63, 3.8) is 0 Å². The number of piperidine rings is 1. The van der Waals surface area contributed by atoms with Crippen LogP contribution in [0.1, 0.15) is 51.2 Å². The van der Waals surface area contributed by atoms with E-state index in [-0.39, 0.29) is 23.7 Å². The van der Waals surface area contributed by atoms with Gasteiger partial charge in [0.25, 0.3) is 0 Å². The molecule has 1 aromatic heterocycles. The standard InChI is InChI=1S/C16H26N4O3/c1-11(2)15-17-14(18-23-15)7-8-19(4)16(22)13-5-9-20(10-6-13)12(3)21/h11,13H,5-10H2,1-4H3. The van der Waals surface area contributed by atoms with Crippen molar-refractivity contribution >= 4 is 11.8 Å². The molecule has 7 heteroatoms. The first-order chi connectivity index (χ1) is 10.9. The topological polar surface area (TPSA) is 79.5 Å². The summed E-state index contributed by atoms with van der Waals surface area (Å²) in [6.07, 6.45) is 2.07. The summed E-state index contributed by atoms with van der Waals surface area (Å²) in [6, 6.07) is 0. The number of hydrogen-bond acceptors (Lipinski definition) is 5. The molecule has 1 aromatic rings. The third-order valence-electron chi connectivity index (χ3n) is 4.31. The normalized spacial score (nSPS) is 16.0. The first kappa shape index (κ1) is 17.4. The summed E-state index contributed by atoms with van der Waals surface area (Å²) >= 11 is 0. The second-order valence-electron chi connectivity index (χ2n) is 6.49. The Labute approximate surface area is 137 Å². The van der Waals surface area contributed by atoms with Gasteiger partial charge in [0, 0.05) is 51.9 Å². The summed E-state index contributed by atoms with van der Waals surface area (Å²) in [6.45, 7) is 7.48. The molecule has 0 aromatic carbocycles. The molecule has 2 heterocycles. The fourth-order valence-corrected chi connectivity index (χ4v) is 2.73. The van der Waals surface area contributed by atoms with Gasteiger partial charge in [-0.15, -0.1) is 0 Å². The van der Waals surface area contributed by atoms with Crippen LogP contribution < -0.4 is 0 Å². The fourth-order valence-electron chi connectivity index (χ4n) is 2.73. The van der Waals surface area contributed by atoms with Gasteiger partial charge in [-0.2, -0.15) is 4.98 Å². The predicted octanol–water partition coefficient (Wildman–Crippen LogP) is 1.45. The van der Waals surface area contributed by atoms with E-state index in [1.807, 2.05) is 20.9 Å². The second kappa shape index (κ2) is 7.57. The molecule has 0 aliphatic carbocycles. The molecule has 0 saturated carbocycles. The summed E-state index contributed by atoms with van der Waals surface area (Å²) in [4.78, 5) is 31.7. The Morgan fingerprint density at radius 3 is 2.52 bits per heavy atom. The van der Waals surface area contributed by atoms with Crippen LogP contribution in [-0.2, 0) is 16.0 Å². The molecule has 1 fully saturated rings. The Hall–Kier alpha value is -1.92. The Kier molecular flexibility index (Phi) is 5.74. The summed E-state index contributed by atoms with van der Waals surface area (Å²) in [5.74, 6) is 1.71. The maximum absolute atomic E-state index is 12.5. The quantitative estimate of drug-likeness (QED) is 0.820. The summed E-state index contributed by atoms with van der Waals surface area (Å²) in [5, 5.41) is 3.94. The average molecular weight is 322 g/mol. The van der Waals surface area contributed by atoms with Gasteiger partial charge in [0.15, 0.2) is 5.82 Å². The molecule has 1 aliphatic rings. The molecule has 0 N–H and O–H groups in total. The molecule has 1 saturated heterocycles. The maximum atomic E-state index is 12.5. The Balaban J connectivity index is 1.80. The molecule has 128 valence electrons. The largest absolute Gasteiger partial charge is 0.345 e. The molecule has 0 bridgehead atoms. The van der Waals surface area contributed by atoms with Gasteiger partial charge in [0.2, 0.25) is 17.7 Å². The smallest absolute Gasteiger partial charge is 0.229 e. The van der Waals surface area contributed by atoms with Crippen LogP contribution in [0, 0.1) is 5.92 Å². The molecule has 7 nitrogen and oxygen atoms in total. The third-order valence-corrected chi connectivity index (χ3v) is 4.31. The number of amides is 2. The van der Waals surface area contributed by atoms with Crippen molar-refractivity contribution in [2.75, 3.05) is 26.7 Å². The Morgan fingerprint density at radius 2 is 2.00 bits per heavy atom. The molecule has 1 aliphatic heterocycles. The number of carbonyl (C=O) groups excluding carboxylic acids is 2. The van der Waals surface area contributed by atoms with E-state index in [0.29, 0.717) is 37.8 Å². The van der Waals surface area contributed by atoms with E-state index in [1.54, 1.807) is 16.7 Å². The zero-order chi connectivity index (χ0) is 17.0. The van der Waals surface area contributed by atoms with Crippen molar-refractivity contribution in [1.29, 1.82) is 0 Å². The van der Waals surface area contributed by atoms with Gasteiger partial charge in [-0.1, -0.05) is 19.0 Å². The van der Waals surface area contributed by atoms with Crippen molar-refractivity contribution in [3.05, 3.63) is 11.7 Å². The van der Waals surface area contributed by atoms with Crippen molar-refractivity contribution in [2.24, 2.45) is 5.92 Å². The van der Waals surface area contributed by atoms with Crippen LogP contribution >= 0.6 is 0 Å². The average Bonchev–Trinajstić information content (AvgIpc) is 3.01. The van der Waals surface area contributed by atoms with Crippen molar-refractivity contribution in [2.45, 2.75) is 46.0 Å². The number of likely N-dealkylation sites (N-methyl/N-ethyl adjacent to an activating group) is 1. The van der Waals surface area contributed by atoms with Crippen LogP contribution in [0.5, 0.6) is 0 Å². The minimum absolute atomic E-state index is 0.00657. The van der Waals surface area contributed by atoms with Crippen LogP contribution in [0.25, 0.3) is 0 Å². The van der Waals surface area contributed by atoms with E-state index >= 15 is 0 Å². The number of carbonyl (C=O) groups is 2. The monoisotopic (exact) mass is 322 g/mol. The number of hydrogen-bond donors (Lipinski definition) is 0. The first-order valence-corrected chi connectivity index (χ1v) is 8.21. The lowest BCUT2D eigenvalue weighted by Gasteiger charge is -2.32. The highest BCUT2D eigenvalue weighted by Gasteiger charge is 2.28. The number of rotatable bonds is 5. The van der Waals surface area contributed by atoms with Crippen LogP contribution in [-0.4, -0.2) is 58.4 Å². The SMILES string of the molecule is CC(=O)N1CCC(C(=O)N(C)CCc2noc(C(C)C)n2)CC1. The highest BCUT2D eigenvalue weighted by Crippen LogP contribution is 2.19. The van der Waals surface area contributed by atoms with Gasteiger partial charge >= 0.3 is 0 Å². The van der Waals surface area contributed by atoms with Crippen molar-refractivity contribution < 1.29 is 14.1 Å². The minimum atomic E-state index is 0.00657. The van der Waals surface area contributed by atoms with Gasteiger partial charge in [0.1, 0.15) is 0 Å². The molecule has 0 spiro atoms. The maximum Gasteiger partial charge on any atom is 0.229 e. The van der Waals surface area contributed by atoms with Gasteiger partial charge in [0.05, 0.1) is 0 Å². The first-order valence-electron chi connectivity index (χ1n) is 8.21. The van der Waals surface area contributed by atoms with E-state index in [2.05, 4.69) is 10.1 Å². The lowest BCUT2D eigenvalue weighted by Crippen LogP contribution is -2.43. The van der Waals surface area contributed by atoms with Gasteiger partial charge in [-0.05, 0) is 12.8 Å². The molecule has 23 heavy (non-hydrogen) atoms.